The minimum Gasteiger partial charge on any atom is -0.471 e. The number of anilines is 1. The Kier molecular flexibility index (Phi) is 6.96. The first-order valence-electron chi connectivity index (χ1n) is 9.83. The van der Waals surface area contributed by atoms with Gasteiger partial charge in [0, 0.05) is 17.1 Å². The van der Waals surface area contributed by atoms with E-state index in [1.54, 1.807) is 17.5 Å². The molecule has 13 heteroatoms. The monoisotopic (exact) mass is 510 g/mol. The van der Waals surface area contributed by atoms with Crippen LogP contribution in [-0.4, -0.2) is 27.3 Å². The normalized spacial score (nSPS) is 11.5. The maximum absolute atomic E-state index is 12.8. The quantitative estimate of drug-likeness (QED) is 0.298. The van der Waals surface area contributed by atoms with E-state index in [9.17, 15) is 26.7 Å². The standard InChI is InChI=1S/C22H15F5N4O3S/c23-20(24)34-15-6-4-13(5-7-15)18-11-35-21(28-18)29-19(32)17-8-9-31(30-17)12-33-16-3-1-2-14(10-16)22(25,26)27/h1-11,20H,12H2,(H,28,29,32). The largest absolute Gasteiger partial charge is 0.471 e. The predicted molar refractivity (Wildman–Crippen MR) is 116 cm³/mol. The van der Waals surface area contributed by atoms with Crippen LogP contribution >= 0.6 is 11.3 Å². The predicted octanol–water partition coefficient (Wildman–Crippen LogP) is 5.92. The number of carbonyl (C=O) groups is 1. The van der Waals surface area contributed by atoms with Gasteiger partial charge in [0.1, 0.15) is 11.5 Å². The number of nitrogens with one attached hydrogen (secondary N) is 1. The SMILES string of the molecule is O=C(Nc1nc(-c2ccc(OC(F)F)cc2)cs1)c1ccn(COc2cccc(C(F)(F)F)c2)n1. The van der Waals surface area contributed by atoms with Crippen molar-refractivity contribution < 1.29 is 36.2 Å². The maximum Gasteiger partial charge on any atom is 0.416 e. The van der Waals surface area contributed by atoms with Crippen LogP contribution in [0.1, 0.15) is 16.1 Å². The third-order valence-corrected chi connectivity index (χ3v) is 5.26. The van der Waals surface area contributed by atoms with Crippen LogP contribution in [0, 0.1) is 0 Å². The third kappa shape index (κ3) is 6.32. The number of rotatable bonds is 8. The van der Waals surface area contributed by atoms with Gasteiger partial charge in [-0.15, -0.1) is 11.3 Å². The molecule has 0 spiro atoms. The second kappa shape index (κ2) is 10.1. The van der Waals surface area contributed by atoms with E-state index in [-0.39, 0.29) is 29.1 Å². The topological polar surface area (TPSA) is 78.3 Å². The maximum atomic E-state index is 12.8. The van der Waals surface area contributed by atoms with Crippen molar-refractivity contribution in [1.82, 2.24) is 14.8 Å². The number of ether oxygens (including phenoxy) is 2. The lowest BCUT2D eigenvalue weighted by Crippen LogP contribution is -2.14. The van der Waals surface area contributed by atoms with E-state index in [4.69, 9.17) is 4.74 Å². The highest BCUT2D eigenvalue weighted by atomic mass is 32.1. The third-order valence-electron chi connectivity index (χ3n) is 4.50. The molecule has 0 bridgehead atoms. The molecule has 0 fully saturated rings. The first-order chi connectivity index (χ1) is 16.7. The first kappa shape index (κ1) is 24.1. The highest BCUT2D eigenvalue weighted by molar-refractivity contribution is 7.14. The molecule has 2 aromatic heterocycles. The van der Waals surface area contributed by atoms with E-state index in [1.165, 1.54) is 41.2 Å². The van der Waals surface area contributed by atoms with E-state index in [0.717, 1.165) is 23.5 Å². The molecule has 182 valence electrons. The highest BCUT2D eigenvalue weighted by Crippen LogP contribution is 2.31. The van der Waals surface area contributed by atoms with Crippen LogP contribution in [0.3, 0.4) is 0 Å². The number of hydrogen-bond donors (Lipinski definition) is 1. The Balaban J connectivity index is 1.34. The fourth-order valence-electron chi connectivity index (χ4n) is 2.89. The van der Waals surface area contributed by atoms with Crippen molar-refractivity contribution in [3.05, 3.63) is 77.4 Å². The van der Waals surface area contributed by atoms with Gasteiger partial charge in [0.15, 0.2) is 17.6 Å². The van der Waals surface area contributed by atoms with Crippen molar-refractivity contribution in [1.29, 1.82) is 0 Å². The fourth-order valence-corrected chi connectivity index (χ4v) is 3.60. The summed E-state index contributed by atoms with van der Waals surface area (Å²) in [6.07, 6.45) is -3.04. The molecule has 2 aromatic carbocycles. The van der Waals surface area contributed by atoms with Crippen LogP contribution < -0.4 is 14.8 Å². The lowest BCUT2D eigenvalue weighted by atomic mass is 10.2. The minimum atomic E-state index is -4.49. The molecule has 1 N–H and O–H groups in total. The number of thiazole rings is 1. The average Bonchev–Trinajstić information content (AvgIpc) is 3.47. The first-order valence-corrected chi connectivity index (χ1v) is 10.7. The Labute approximate surface area is 198 Å². The van der Waals surface area contributed by atoms with Crippen molar-refractivity contribution in [2.45, 2.75) is 19.5 Å². The lowest BCUT2D eigenvalue weighted by molar-refractivity contribution is -0.137. The highest BCUT2D eigenvalue weighted by Gasteiger charge is 2.30. The molecule has 0 unspecified atom stereocenters. The molecule has 4 aromatic rings. The van der Waals surface area contributed by atoms with Crippen molar-refractivity contribution >= 4 is 22.4 Å². The molecular formula is C22H15F5N4O3S. The molecule has 0 aliphatic heterocycles. The van der Waals surface area contributed by atoms with Crippen molar-refractivity contribution in [2.75, 3.05) is 5.32 Å². The molecule has 0 aliphatic carbocycles. The zero-order valence-corrected chi connectivity index (χ0v) is 18.3. The second-order valence-corrected chi connectivity index (χ2v) is 7.79. The Hall–Kier alpha value is -4.00. The Morgan fingerprint density at radius 1 is 1.09 bits per heavy atom. The number of hydrogen-bond acceptors (Lipinski definition) is 6. The van der Waals surface area contributed by atoms with Crippen molar-refractivity contribution in [3.8, 4) is 22.8 Å². The minimum absolute atomic E-state index is 0.00504. The molecule has 2 heterocycles. The Morgan fingerprint density at radius 2 is 1.86 bits per heavy atom. The van der Waals surface area contributed by atoms with Crippen LogP contribution in [0.15, 0.2) is 66.2 Å². The molecule has 4 rings (SSSR count). The van der Waals surface area contributed by atoms with Gasteiger partial charge in [0.25, 0.3) is 5.91 Å². The van der Waals surface area contributed by atoms with Crippen LogP contribution in [0.4, 0.5) is 27.1 Å². The summed E-state index contributed by atoms with van der Waals surface area (Å²) in [4.78, 5) is 16.8. The van der Waals surface area contributed by atoms with Gasteiger partial charge >= 0.3 is 12.8 Å². The van der Waals surface area contributed by atoms with E-state index in [2.05, 4.69) is 20.1 Å². The average molecular weight is 510 g/mol. The van der Waals surface area contributed by atoms with Crippen LogP contribution in [0.5, 0.6) is 11.5 Å². The van der Waals surface area contributed by atoms with Crippen molar-refractivity contribution in [2.24, 2.45) is 0 Å². The van der Waals surface area contributed by atoms with E-state index < -0.39 is 24.3 Å². The number of alkyl halides is 5. The summed E-state index contributed by atoms with van der Waals surface area (Å²) in [7, 11) is 0. The van der Waals surface area contributed by atoms with Crippen LogP contribution in [-0.2, 0) is 12.9 Å². The molecule has 0 saturated carbocycles. The van der Waals surface area contributed by atoms with Crippen LogP contribution in [0.25, 0.3) is 11.3 Å². The Bertz CT molecular complexity index is 1300. The lowest BCUT2D eigenvalue weighted by Gasteiger charge is -2.10. The van der Waals surface area contributed by atoms with Crippen LogP contribution in [0.2, 0.25) is 0 Å². The molecule has 1 amide bonds. The van der Waals surface area contributed by atoms with Crippen molar-refractivity contribution in [3.63, 3.8) is 0 Å². The summed E-state index contributed by atoms with van der Waals surface area (Å²) >= 11 is 1.15. The van der Waals surface area contributed by atoms with Gasteiger partial charge in [-0.3, -0.25) is 10.1 Å². The van der Waals surface area contributed by atoms with Gasteiger partial charge in [-0.05, 0) is 48.5 Å². The number of nitrogens with zero attached hydrogens (tertiary/aromatic N) is 3. The number of halogens is 5. The van der Waals surface area contributed by atoms with Gasteiger partial charge in [-0.1, -0.05) is 6.07 Å². The smallest absolute Gasteiger partial charge is 0.416 e. The van der Waals surface area contributed by atoms with E-state index in [0.29, 0.717) is 11.3 Å². The van der Waals surface area contributed by atoms with Gasteiger partial charge < -0.3 is 9.47 Å². The number of benzene rings is 2. The molecule has 0 atom stereocenters. The zero-order chi connectivity index (χ0) is 25.0. The number of amides is 1. The van der Waals surface area contributed by atoms with Gasteiger partial charge in [-0.25, -0.2) is 9.67 Å². The molecule has 35 heavy (non-hydrogen) atoms. The summed E-state index contributed by atoms with van der Waals surface area (Å²) in [6.45, 7) is -3.13. The Morgan fingerprint density at radius 3 is 2.57 bits per heavy atom. The molecular weight excluding hydrogens is 495 g/mol. The van der Waals surface area contributed by atoms with Gasteiger partial charge in [-0.2, -0.15) is 27.1 Å². The van der Waals surface area contributed by atoms with Gasteiger partial charge in [0.05, 0.1) is 11.3 Å². The molecule has 0 aliphatic rings. The summed E-state index contributed by atoms with van der Waals surface area (Å²) in [5.74, 6) is -0.532. The zero-order valence-electron chi connectivity index (χ0n) is 17.5. The second-order valence-electron chi connectivity index (χ2n) is 6.93. The number of carbonyl (C=O) groups excluding carboxylic acids is 1. The summed E-state index contributed by atoms with van der Waals surface area (Å²) < 4.78 is 73.8. The van der Waals surface area contributed by atoms with E-state index in [1.807, 2.05) is 0 Å². The summed E-state index contributed by atoms with van der Waals surface area (Å²) in [5, 5.41) is 8.62. The summed E-state index contributed by atoms with van der Waals surface area (Å²) in [6, 6.07) is 11.7. The van der Waals surface area contributed by atoms with Gasteiger partial charge in [0.2, 0.25) is 0 Å². The molecule has 0 saturated heterocycles. The molecule has 0 radical (unpaired) electrons. The number of aromatic nitrogens is 3. The molecule has 7 nitrogen and oxygen atoms in total. The fraction of sp³-hybridized carbons (Fsp3) is 0.136. The van der Waals surface area contributed by atoms with E-state index >= 15 is 0 Å². The summed E-state index contributed by atoms with van der Waals surface area (Å²) in [5.41, 5.74) is 0.368.